The van der Waals surface area contributed by atoms with Crippen molar-refractivity contribution in [2.45, 2.75) is 39.5 Å². The maximum absolute atomic E-state index is 11.9. The quantitative estimate of drug-likeness (QED) is 0.557. The van der Waals surface area contributed by atoms with Crippen LogP contribution in [0.3, 0.4) is 0 Å². The molecule has 0 aromatic heterocycles. The highest BCUT2D eigenvalue weighted by atomic mass is 16.1. The lowest BCUT2D eigenvalue weighted by molar-refractivity contribution is -0.132. The fourth-order valence-corrected chi connectivity index (χ4v) is 3.00. The Labute approximate surface area is 80.2 Å². The van der Waals surface area contributed by atoms with Crippen LogP contribution in [0, 0.1) is 17.3 Å². The van der Waals surface area contributed by atoms with E-state index in [2.05, 4.69) is 19.9 Å². The number of carbonyl (C=O) groups excluding carboxylic acids is 1. The van der Waals surface area contributed by atoms with Crippen molar-refractivity contribution in [2.75, 3.05) is 0 Å². The van der Waals surface area contributed by atoms with E-state index in [0.29, 0.717) is 17.6 Å². The summed E-state index contributed by atoms with van der Waals surface area (Å²) in [7, 11) is 0. The van der Waals surface area contributed by atoms with Crippen molar-refractivity contribution in [3.63, 3.8) is 0 Å². The van der Waals surface area contributed by atoms with Crippen LogP contribution in [0.25, 0.3) is 0 Å². The van der Waals surface area contributed by atoms with E-state index in [1.807, 2.05) is 0 Å². The van der Waals surface area contributed by atoms with E-state index >= 15 is 0 Å². The van der Waals surface area contributed by atoms with Crippen LogP contribution in [0.15, 0.2) is 12.2 Å². The summed E-state index contributed by atoms with van der Waals surface area (Å²) < 4.78 is 0. The zero-order valence-electron chi connectivity index (χ0n) is 8.55. The average molecular weight is 178 g/mol. The SMILES string of the molecule is C[C@H]1CCC[C@@H]2CC=CC(=O)[C@@]21C. The molecule has 1 heteroatoms. The molecule has 0 aliphatic heterocycles. The third-order valence-electron chi connectivity index (χ3n) is 4.28. The molecule has 0 heterocycles. The molecule has 0 radical (unpaired) electrons. The predicted octanol–water partition coefficient (Wildman–Crippen LogP) is 2.96. The summed E-state index contributed by atoms with van der Waals surface area (Å²) in [5, 5.41) is 0. The van der Waals surface area contributed by atoms with Gasteiger partial charge in [-0.05, 0) is 37.2 Å². The second-order valence-electron chi connectivity index (χ2n) is 4.81. The van der Waals surface area contributed by atoms with Gasteiger partial charge in [-0.3, -0.25) is 4.79 Å². The maximum atomic E-state index is 11.9. The smallest absolute Gasteiger partial charge is 0.161 e. The second-order valence-corrected chi connectivity index (χ2v) is 4.81. The molecule has 72 valence electrons. The molecule has 0 saturated heterocycles. The zero-order chi connectivity index (χ0) is 9.47. The lowest BCUT2D eigenvalue weighted by atomic mass is 9.57. The number of fused-ring (bicyclic) bond motifs is 1. The molecule has 1 fully saturated rings. The van der Waals surface area contributed by atoms with Gasteiger partial charge in [-0.2, -0.15) is 0 Å². The van der Waals surface area contributed by atoms with Gasteiger partial charge in [0.05, 0.1) is 0 Å². The highest BCUT2D eigenvalue weighted by Crippen LogP contribution is 2.49. The average Bonchev–Trinajstić information content (AvgIpc) is 2.10. The summed E-state index contributed by atoms with van der Waals surface area (Å²) in [6, 6.07) is 0. The standard InChI is InChI=1S/C12H18O/c1-9-5-3-6-10-7-4-8-11(13)12(9,10)2/h4,8-10H,3,5-7H2,1-2H3/t9-,10+,12+/m0/s1. The summed E-state index contributed by atoms with van der Waals surface area (Å²) in [6.45, 7) is 4.41. The Morgan fingerprint density at radius 1 is 1.46 bits per heavy atom. The Hall–Kier alpha value is -0.590. The number of allylic oxidation sites excluding steroid dienone is 2. The minimum absolute atomic E-state index is 0.0347. The number of rotatable bonds is 0. The summed E-state index contributed by atoms with van der Waals surface area (Å²) in [5.41, 5.74) is -0.0347. The van der Waals surface area contributed by atoms with Crippen LogP contribution in [0.2, 0.25) is 0 Å². The molecular weight excluding hydrogens is 160 g/mol. The van der Waals surface area contributed by atoms with Crippen LogP contribution < -0.4 is 0 Å². The van der Waals surface area contributed by atoms with E-state index in [9.17, 15) is 4.79 Å². The number of carbonyl (C=O) groups is 1. The van der Waals surface area contributed by atoms with Crippen LogP contribution in [0.5, 0.6) is 0 Å². The van der Waals surface area contributed by atoms with Gasteiger partial charge in [-0.15, -0.1) is 0 Å². The monoisotopic (exact) mass is 178 g/mol. The van der Waals surface area contributed by atoms with Crippen LogP contribution in [-0.4, -0.2) is 5.78 Å². The summed E-state index contributed by atoms with van der Waals surface area (Å²) in [5.74, 6) is 1.56. The molecular formula is C12H18O. The molecule has 0 bridgehead atoms. The third kappa shape index (κ3) is 1.17. The van der Waals surface area contributed by atoms with Crippen molar-refractivity contribution in [1.82, 2.24) is 0 Å². The van der Waals surface area contributed by atoms with E-state index in [1.165, 1.54) is 19.3 Å². The van der Waals surface area contributed by atoms with Gasteiger partial charge >= 0.3 is 0 Å². The van der Waals surface area contributed by atoms with Crippen molar-refractivity contribution in [1.29, 1.82) is 0 Å². The van der Waals surface area contributed by atoms with E-state index in [-0.39, 0.29) is 5.41 Å². The van der Waals surface area contributed by atoms with Crippen molar-refractivity contribution in [3.8, 4) is 0 Å². The van der Waals surface area contributed by atoms with Gasteiger partial charge in [0.1, 0.15) is 0 Å². The Morgan fingerprint density at radius 2 is 2.23 bits per heavy atom. The fraction of sp³-hybridized carbons (Fsp3) is 0.750. The molecule has 0 amide bonds. The van der Waals surface area contributed by atoms with E-state index in [0.717, 1.165) is 6.42 Å². The number of ketones is 1. The first-order valence-corrected chi connectivity index (χ1v) is 5.36. The third-order valence-corrected chi connectivity index (χ3v) is 4.28. The molecule has 0 aromatic carbocycles. The van der Waals surface area contributed by atoms with Crippen molar-refractivity contribution >= 4 is 5.78 Å². The first-order chi connectivity index (χ1) is 6.15. The highest BCUT2D eigenvalue weighted by Gasteiger charge is 2.46. The lowest BCUT2D eigenvalue weighted by Crippen LogP contribution is -2.44. The van der Waals surface area contributed by atoms with E-state index < -0.39 is 0 Å². The molecule has 2 aliphatic carbocycles. The van der Waals surface area contributed by atoms with Crippen LogP contribution >= 0.6 is 0 Å². The molecule has 1 nitrogen and oxygen atoms in total. The Bertz CT molecular complexity index is 254. The molecule has 3 atom stereocenters. The van der Waals surface area contributed by atoms with Crippen molar-refractivity contribution in [3.05, 3.63) is 12.2 Å². The van der Waals surface area contributed by atoms with Gasteiger partial charge < -0.3 is 0 Å². The normalized spacial score (nSPS) is 44.6. The van der Waals surface area contributed by atoms with Gasteiger partial charge in [-0.1, -0.05) is 26.3 Å². The molecule has 0 N–H and O–H groups in total. The Kier molecular flexibility index (Phi) is 2.05. The van der Waals surface area contributed by atoms with Gasteiger partial charge in [0, 0.05) is 5.41 Å². The van der Waals surface area contributed by atoms with Crippen molar-refractivity contribution in [2.24, 2.45) is 17.3 Å². The van der Waals surface area contributed by atoms with Crippen LogP contribution in [0.4, 0.5) is 0 Å². The Balaban J connectivity index is 2.35. The predicted molar refractivity (Wildman–Crippen MR) is 53.4 cm³/mol. The van der Waals surface area contributed by atoms with E-state index in [1.54, 1.807) is 6.08 Å². The highest BCUT2D eigenvalue weighted by molar-refractivity contribution is 5.95. The largest absolute Gasteiger partial charge is 0.294 e. The lowest BCUT2D eigenvalue weighted by Gasteiger charge is -2.46. The number of hydrogen-bond donors (Lipinski definition) is 0. The summed E-state index contributed by atoms with van der Waals surface area (Å²) in [6.07, 6.45) is 8.77. The van der Waals surface area contributed by atoms with Gasteiger partial charge in [-0.25, -0.2) is 0 Å². The molecule has 13 heavy (non-hydrogen) atoms. The Morgan fingerprint density at radius 3 is 2.92 bits per heavy atom. The minimum atomic E-state index is -0.0347. The number of hydrogen-bond acceptors (Lipinski definition) is 1. The van der Waals surface area contributed by atoms with Gasteiger partial charge in [0.2, 0.25) is 0 Å². The second kappa shape index (κ2) is 2.97. The summed E-state index contributed by atoms with van der Waals surface area (Å²) in [4.78, 5) is 11.9. The van der Waals surface area contributed by atoms with Gasteiger partial charge in [0.15, 0.2) is 5.78 Å². The first-order valence-electron chi connectivity index (χ1n) is 5.36. The molecule has 2 aliphatic rings. The molecule has 2 rings (SSSR count). The maximum Gasteiger partial charge on any atom is 0.161 e. The molecule has 0 aromatic rings. The molecule has 1 saturated carbocycles. The zero-order valence-corrected chi connectivity index (χ0v) is 8.55. The van der Waals surface area contributed by atoms with Crippen molar-refractivity contribution < 1.29 is 4.79 Å². The fourth-order valence-electron chi connectivity index (χ4n) is 3.00. The summed E-state index contributed by atoms with van der Waals surface area (Å²) >= 11 is 0. The minimum Gasteiger partial charge on any atom is -0.294 e. The first kappa shape index (κ1) is 8.98. The van der Waals surface area contributed by atoms with E-state index in [4.69, 9.17) is 0 Å². The van der Waals surface area contributed by atoms with Crippen LogP contribution in [-0.2, 0) is 4.79 Å². The topological polar surface area (TPSA) is 17.1 Å². The van der Waals surface area contributed by atoms with Crippen LogP contribution in [0.1, 0.15) is 39.5 Å². The van der Waals surface area contributed by atoms with Gasteiger partial charge in [0.25, 0.3) is 0 Å². The molecule has 0 unspecified atom stereocenters. The molecule has 0 spiro atoms.